The molecule has 0 aliphatic carbocycles. The summed E-state index contributed by atoms with van der Waals surface area (Å²) in [4.78, 5) is 14.0. The summed E-state index contributed by atoms with van der Waals surface area (Å²) in [5.41, 5.74) is 2.54. The second kappa shape index (κ2) is 6.69. The first-order valence-electron chi connectivity index (χ1n) is 7.55. The molecule has 1 aliphatic rings. The van der Waals surface area contributed by atoms with Crippen molar-refractivity contribution in [1.82, 2.24) is 10.2 Å². The van der Waals surface area contributed by atoms with Crippen molar-refractivity contribution in [2.45, 2.75) is 32.2 Å². The summed E-state index contributed by atoms with van der Waals surface area (Å²) >= 11 is 0. The molecule has 2 atom stereocenters. The number of benzene rings is 1. The summed E-state index contributed by atoms with van der Waals surface area (Å²) in [5.74, 6) is 0.319. The smallest absolute Gasteiger partial charge is 0.317 e. The van der Waals surface area contributed by atoms with E-state index in [9.17, 15) is 13.2 Å². The zero-order valence-corrected chi connectivity index (χ0v) is 14.2. The number of carbonyl (C=O) groups excluding carboxylic acids is 1. The van der Waals surface area contributed by atoms with Crippen LogP contribution in [0.15, 0.2) is 24.3 Å². The number of hydrogen-bond donors (Lipinski definition) is 1. The molecule has 22 heavy (non-hydrogen) atoms. The van der Waals surface area contributed by atoms with E-state index >= 15 is 0 Å². The molecule has 1 heterocycles. The molecule has 1 N–H and O–H groups in total. The van der Waals surface area contributed by atoms with Gasteiger partial charge in [-0.1, -0.05) is 24.3 Å². The standard InChI is InChI=1S/C16H24N2O3S/c1-12-6-4-5-7-15(12)14-10-13(2)18(11-14)16(19)17-8-9-22(3,20)21/h4-7,13-14H,8-11H2,1-3H3,(H,17,19)/t13-,14-/m1/s1. The monoisotopic (exact) mass is 324 g/mol. The van der Waals surface area contributed by atoms with E-state index in [1.54, 1.807) is 4.90 Å². The molecule has 6 heteroatoms. The lowest BCUT2D eigenvalue weighted by Gasteiger charge is -2.22. The molecule has 0 unspecified atom stereocenters. The molecular formula is C16H24N2O3S. The van der Waals surface area contributed by atoms with Crippen molar-refractivity contribution >= 4 is 15.9 Å². The van der Waals surface area contributed by atoms with Crippen molar-refractivity contribution in [2.24, 2.45) is 0 Å². The third-order valence-corrected chi connectivity index (χ3v) is 5.16. The minimum Gasteiger partial charge on any atom is -0.337 e. The van der Waals surface area contributed by atoms with Gasteiger partial charge in [0.25, 0.3) is 0 Å². The Kier molecular flexibility index (Phi) is 5.11. The van der Waals surface area contributed by atoms with Crippen LogP contribution in [-0.4, -0.2) is 50.5 Å². The van der Waals surface area contributed by atoms with E-state index in [1.807, 2.05) is 19.1 Å². The van der Waals surface area contributed by atoms with Crippen LogP contribution < -0.4 is 5.32 Å². The van der Waals surface area contributed by atoms with Crippen molar-refractivity contribution in [3.8, 4) is 0 Å². The van der Waals surface area contributed by atoms with Crippen LogP contribution >= 0.6 is 0 Å². The third kappa shape index (κ3) is 4.22. The molecule has 2 rings (SSSR count). The van der Waals surface area contributed by atoms with Crippen LogP contribution in [0.5, 0.6) is 0 Å². The van der Waals surface area contributed by atoms with E-state index in [4.69, 9.17) is 0 Å². The largest absolute Gasteiger partial charge is 0.337 e. The van der Waals surface area contributed by atoms with E-state index in [0.717, 1.165) is 6.42 Å². The fraction of sp³-hybridized carbons (Fsp3) is 0.562. The number of nitrogens with one attached hydrogen (secondary N) is 1. The number of rotatable bonds is 4. The Morgan fingerprint density at radius 3 is 2.68 bits per heavy atom. The number of hydrogen-bond acceptors (Lipinski definition) is 3. The average molecular weight is 324 g/mol. The Balaban J connectivity index is 1.96. The lowest BCUT2D eigenvalue weighted by Crippen LogP contribution is -2.43. The number of sulfone groups is 1. The van der Waals surface area contributed by atoms with Crippen molar-refractivity contribution in [1.29, 1.82) is 0 Å². The van der Waals surface area contributed by atoms with Crippen LogP contribution in [0.3, 0.4) is 0 Å². The Hall–Kier alpha value is -1.56. The molecule has 0 aromatic heterocycles. The second-order valence-electron chi connectivity index (χ2n) is 6.15. The predicted octanol–water partition coefficient (Wildman–Crippen LogP) is 1.93. The van der Waals surface area contributed by atoms with Crippen LogP contribution in [0.1, 0.15) is 30.4 Å². The molecule has 0 saturated carbocycles. The quantitative estimate of drug-likeness (QED) is 0.920. The van der Waals surface area contributed by atoms with E-state index < -0.39 is 9.84 Å². The number of carbonyl (C=O) groups is 1. The van der Waals surface area contributed by atoms with Crippen LogP contribution in [0.25, 0.3) is 0 Å². The number of nitrogens with zero attached hydrogens (tertiary/aromatic N) is 1. The normalized spacial score (nSPS) is 21.9. The lowest BCUT2D eigenvalue weighted by atomic mass is 9.93. The molecule has 5 nitrogen and oxygen atoms in total. The maximum absolute atomic E-state index is 12.2. The highest BCUT2D eigenvalue weighted by Crippen LogP contribution is 2.33. The SMILES string of the molecule is Cc1ccccc1[C@@H]1C[C@@H](C)N(C(=O)NCCS(C)(=O)=O)C1. The zero-order valence-electron chi connectivity index (χ0n) is 13.4. The van der Waals surface area contributed by atoms with Gasteiger partial charge in [0.05, 0.1) is 5.75 Å². The van der Waals surface area contributed by atoms with Gasteiger partial charge in [-0.3, -0.25) is 0 Å². The van der Waals surface area contributed by atoms with E-state index in [-0.39, 0.29) is 24.4 Å². The van der Waals surface area contributed by atoms with E-state index in [1.165, 1.54) is 17.4 Å². The Bertz CT molecular complexity index is 643. The van der Waals surface area contributed by atoms with Crippen LogP contribution in [-0.2, 0) is 9.84 Å². The first-order valence-corrected chi connectivity index (χ1v) is 9.61. The van der Waals surface area contributed by atoms with Gasteiger partial charge in [-0.05, 0) is 31.4 Å². The number of likely N-dealkylation sites (tertiary alicyclic amines) is 1. The fourth-order valence-corrected chi connectivity index (χ4v) is 3.50. The summed E-state index contributed by atoms with van der Waals surface area (Å²) in [7, 11) is -3.05. The van der Waals surface area contributed by atoms with Gasteiger partial charge >= 0.3 is 6.03 Å². The van der Waals surface area contributed by atoms with Gasteiger partial charge in [0, 0.05) is 31.3 Å². The van der Waals surface area contributed by atoms with Gasteiger partial charge in [0.1, 0.15) is 9.84 Å². The lowest BCUT2D eigenvalue weighted by molar-refractivity contribution is 0.196. The Morgan fingerprint density at radius 2 is 2.05 bits per heavy atom. The highest BCUT2D eigenvalue weighted by Gasteiger charge is 2.33. The van der Waals surface area contributed by atoms with Crippen molar-refractivity contribution in [3.05, 3.63) is 35.4 Å². The molecule has 2 amide bonds. The summed E-state index contributed by atoms with van der Waals surface area (Å²) < 4.78 is 22.2. The maximum atomic E-state index is 12.2. The van der Waals surface area contributed by atoms with Gasteiger partial charge in [-0.25, -0.2) is 13.2 Å². The zero-order chi connectivity index (χ0) is 16.3. The summed E-state index contributed by atoms with van der Waals surface area (Å²) in [6.45, 7) is 4.97. The first kappa shape index (κ1) is 16.8. The van der Waals surface area contributed by atoms with Crippen LogP contribution in [0.4, 0.5) is 4.79 Å². The molecule has 0 spiro atoms. The van der Waals surface area contributed by atoms with Crippen molar-refractivity contribution in [2.75, 3.05) is 25.1 Å². The third-order valence-electron chi connectivity index (χ3n) is 4.21. The summed E-state index contributed by atoms with van der Waals surface area (Å²) in [6.07, 6.45) is 2.11. The topological polar surface area (TPSA) is 66.5 Å². The number of aryl methyl sites for hydroxylation is 1. The van der Waals surface area contributed by atoms with Gasteiger partial charge in [0.2, 0.25) is 0 Å². The second-order valence-corrected chi connectivity index (χ2v) is 8.41. The minimum atomic E-state index is -3.05. The molecule has 1 saturated heterocycles. The molecule has 1 fully saturated rings. The first-order chi connectivity index (χ1) is 10.3. The Morgan fingerprint density at radius 1 is 1.36 bits per heavy atom. The molecule has 0 bridgehead atoms. The van der Waals surface area contributed by atoms with Crippen molar-refractivity contribution < 1.29 is 13.2 Å². The fourth-order valence-electron chi connectivity index (χ4n) is 3.03. The van der Waals surface area contributed by atoms with Crippen LogP contribution in [0.2, 0.25) is 0 Å². The van der Waals surface area contributed by atoms with E-state index in [2.05, 4.69) is 24.4 Å². The van der Waals surface area contributed by atoms with Gasteiger partial charge < -0.3 is 10.2 Å². The summed E-state index contributed by atoms with van der Waals surface area (Å²) in [5, 5.41) is 2.71. The molecule has 1 aliphatic heterocycles. The number of urea groups is 1. The minimum absolute atomic E-state index is 0.0256. The van der Waals surface area contributed by atoms with Gasteiger partial charge in [0.15, 0.2) is 0 Å². The van der Waals surface area contributed by atoms with E-state index in [0.29, 0.717) is 12.5 Å². The molecule has 1 aromatic rings. The molecule has 1 aromatic carbocycles. The Labute approximate surface area is 132 Å². The van der Waals surface area contributed by atoms with Gasteiger partial charge in [-0.15, -0.1) is 0 Å². The van der Waals surface area contributed by atoms with Gasteiger partial charge in [-0.2, -0.15) is 0 Å². The highest BCUT2D eigenvalue weighted by atomic mass is 32.2. The van der Waals surface area contributed by atoms with Crippen LogP contribution in [0, 0.1) is 6.92 Å². The maximum Gasteiger partial charge on any atom is 0.317 e. The van der Waals surface area contributed by atoms with Crippen molar-refractivity contribution in [3.63, 3.8) is 0 Å². The average Bonchev–Trinajstić information content (AvgIpc) is 2.79. The number of amides is 2. The highest BCUT2D eigenvalue weighted by molar-refractivity contribution is 7.90. The molecule has 0 radical (unpaired) electrons. The molecular weight excluding hydrogens is 300 g/mol. The molecule has 122 valence electrons. The predicted molar refractivity (Wildman–Crippen MR) is 87.8 cm³/mol. The summed E-state index contributed by atoms with van der Waals surface area (Å²) in [6, 6.07) is 8.25.